The van der Waals surface area contributed by atoms with Crippen molar-refractivity contribution in [2.45, 2.75) is 20.3 Å². The van der Waals surface area contributed by atoms with E-state index in [-0.39, 0.29) is 5.91 Å². The highest BCUT2D eigenvalue weighted by Gasteiger charge is 2.25. The Hall–Kier alpha value is -1.39. The molecule has 4 heteroatoms. The van der Waals surface area contributed by atoms with E-state index in [1.165, 1.54) is 0 Å². The maximum Gasteiger partial charge on any atom is 0.241 e. The molecule has 1 aliphatic heterocycles. The van der Waals surface area contributed by atoms with Crippen LogP contribution in [0.4, 0.5) is 5.69 Å². The van der Waals surface area contributed by atoms with Crippen LogP contribution >= 0.6 is 0 Å². The van der Waals surface area contributed by atoms with Crippen LogP contribution in [0, 0.1) is 12.8 Å². The molecule has 1 amide bonds. The largest absolute Gasteiger partial charge is 0.330 e. The number of carbonyl (C=O) groups excluding carboxylic acids is 1. The predicted molar refractivity (Wildman–Crippen MR) is 82.8 cm³/mol. The third-order valence-corrected chi connectivity index (χ3v) is 4.09. The summed E-state index contributed by atoms with van der Waals surface area (Å²) in [5, 5.41) is 0. The zero-order chi connectivity index (χ0) is 14.5. The molecule has 20 heavy (non-hydrogen) atoms. The maximum atomic E-state index is 12.5. The summed E-state index contributed by atoms with van der Waals surface area (Å²) in [4.78, 5) is 16.6. The van der Waals surface area contributed by atoms with E-state index >= 15 is 0 Å². The van der Waals surface area contributed by atoms with Gasteiger partial charge >= 0.3 is 0 Å². The maximum absolute atomic E-state index is 12.5. The summed E-state index contributed by atoms with van der Waals surface area (Å²) in [7, 11) is 0. The summed E-state index contributed by atoms with van der Waals surface area (Å²) in [6.07, 6.45) is 1.11. The molecule has 0 bridgehead atoms. The molecule has 0 radical (unpaired) electrons. The van der Waals surface area contributed by atoms with Gasteiger partial charge in [0.05, 0.1) is 6.54 Å². The number of amides is 1. The van der Waals surface area contributed by atoms with Crippen molar-refractivity contribution < 1.29 is 4.79 Å². The van der Waals surface area contributed by atoms with Gasteiger partial charge in [-0.3, -0.25) is 9.69 Å². The molecule has 1 atom stereocenters. The molecule has 2 rings (SSSR count). The second kappa shape index (κ2) is 6.86. The van der Waals surface area contributed by atoms with Gasteiger partial charge in [-0.2, -0.15) is 0 Å². The zero-order valence-electron chi connectivity index (χ0n) is 12.5. The van der Waals surface area contributed by atoms with Crippen LogP contribution in [-0.4, -0.2) is 43.5 Å². The topological polar surface area (TPSA) is 49.6 Å². The fourth-order valence-electron chi connectivity index (χ4n) is 2.87. The number of nitrogens with two attached hydrogens (primary N) is 1. The van der Waals surface area contributed by atoms with Gasteiger partial charge in [0, 0.05) is 18.8 Å². The SMILES string of the molecule is CCN(C(=O)CN1CCC(CN)C1)c1ccccc1C. The van der Waals surface area contributed by atoms with E-state index in [9.17, 15) is 4.79 Å². The Labute approximate surface area is 121 Å². The first kappa shape index (κ1) is 15.0. The number of hydrogen-bond acceptors (Lipinski definition) is 3. The molecule has 110 valence electrons. The van der Waals surface area contributed by atoms with Gasteiger partial charge in [-0.15, -0.1) is 0 Å². The van der Waals surface area contributed by atoms with E-state index < -0.39 is 0 Å². The highest BCUT2D eigenvalue weighted by atomic mass is 16.2. The Kier molecular flexibility index (Phi) is 5.15. The molecule has 1 unspecified atom stereocenters. The fraction of sp³-hybridized carbons (Fsp3) is 0.562. The van der Waals surface area contributed by atoms with E-state index in [0.29, 0.717) is 19.0 Å². The third-order valence-electron chi connectivity index (χ3n) is 4.09. The Morgan fingerprint density at radius 3 is 2.80 bits per heavy atom. The van der Waals surface area contributed by atoms with E-state index in [1.54, 1.807) is 0 Å². The Morgan fingerprint density at radius 2 is 2.20 bits per heavy atom. The molecule has 1 saturated heterocycles. The predicted octanol–water partition coefficient (Wildman–Crippen LogP) is 1.63. The number of anilines is 1. The summed E-state index contributed by atoms with van der Waals surface area (Å²) < 4.78 is 0. The van der Waals surface area contributed by atoms with Crippen molar-refractivity contribution in [1.29, 1.82) is 0 Å². The number of rotatable bonds is 5. The number of benzene rings is 1. The van der Waals surface area contributed by atoms with Gasteiger partial charge in [0.15, 0.2) is 0 Å². The first-order valence-corrected chi connectivity index (χ1v) is 7.44. The molecule has 1 fully saturated rings. The molecule has 4 nitrogen and oxygen atoms in total. The van der Waals surface area contributed by atoms with Crippen LogP contribution in [0.3, 0.4) is 0 Å². The summed E-state index contributed by atoms with van der Waals surface area (Å²) >= 11 is 0. The third kappa shape index (κ3) is 3.38. The Bertz CT molecular complexity index is 461. The zero-order valence-corrected chi connectivity index (χ0v) is 12.5. The van der Waals surface area contributed by atoms with Crippen LogP contribution in [0.1, 0.15) is 18.9 Å². The molecule has 1 aliphatic rings. The number of nitrogens with zero attached hydrogens (tertiary/aromatic N) is 2. The van der Waals surface area contributed by atoms with Gasteiger partial charge in [0.25, 0.3) is 0 Å². The summed E-state index contributed by atoms with van der Waals surface area (Å²) in [5.74, 6) is 0.732. The minimum absolute atomic E-state index is 0.180. The number of aryl methyl sites for hydroxylation is 1. The van der Waals surface area contributed by atoms with Gasteiger partial charge in [0.2, 0.25) is 5.91 Å². The van der Waals surface area contributed by atoms with Crippen LogP contribution in [0.5, 0.6) is 0 Å². The summed E-state index contributed by atoms with van der Waals surface area (Å²) in [6.45, 7) is 7.94. The van der Waals surface area contributed by atoms with E-state index in [1.807, 2.05) is 43.0 Å². The number of likely N-dealkylation sites (tertiary alicyclic amines) is 1. The number of carbonyl (C=O) groups is 1. The fourth-order valence-corrected chi connectivity index (χ4v) is 2.87. The van der Waals surface area contributed by atoms with E-state index in [4.69, 9.17) is 5.73 Å². The second-order valence-corrected chi connectivity index (χ2v) is 5.55. The van der Waals surface area contributed by atoms with Crippen LogP contribution in [-0.2, 0) is 4.79 Å². The Balaban J connectivity index is 2.01. The standard InChI is InChI=1S/C16H25N3O/c1-3-19(15-7-5-4-6-13(15)2)16(20)12-18-9-8-14(10-17)11-18/h4-7,14H,3,8-12,17H2,1-2H3. The molecule has 0 spiro atoms. The first-order valence-electron chi connectivity index (χ1n) is 7.44. The van der Waals surface area contributed by atoms with Gasteiger partial charge in [-0.1, -0.05) is 18.2 Å². The van der Waals surface area contributed by atoms with Gasteiger partial charge in [-0.05, 0) is 50.9 Å². The van der Waals surface area contributed by atoms with Crippen molar-refractivity contribution >= 4 is 11.6 Å². The quantitative estimate of drug-likeness (QED) is 0.888. The van der Waals surface area contributed by atoms with Crippen molar-refractivity contribution in [3.05, 3.63) is 29.8 Å². The molecule has 0 aromatic heterocycles. The normalized spacial score (nSPS) is 19.2. The lowest BCUT2D eigenvalue weighted by atomic mass is 10.1. The molecular weight excluding hydrogens is 250 g/mol. The minimum atomic E-state index is 0.180. The van der Waals surface area contributed by atoms with Crippen molar-refractivity contribution in [1.82, 2.24) is 4.90 Å². The smallest absolute Gasteiger partial charge is 0.241 e. The van der Waals surface area contributed by atoms with Crippen molar-refractivity contribution in [2.24, 2.45) is 11.7 Å². The summed E-state index contributed by atoms with van der Waals surface area (Å²) in [5.41, 5.74) is 7.87. The van der Waals surface area contributed by atoms with Crippen LogP contribution in [0.2, 0.25) is 0 Å². The average molecular weight is 275 g/mol. The van der Waals surface area contributed by atoms with Gasteiger partial charge in [-0.25, -0.2) is 0 Å². The van der Waals surface area contributed by atoms with Crippen molar-refractivity contribution in [3.63, 3.8) is 0 Å². The molecule has 0 saturated carbocycles. The monoisotopic (exact) mass is 275 g/mol. The van der Waals surface area contributed by atoms with Crippen molar-refractivity contribution in [2.75, 3.05) is 37.6 Å². The lowest BCUT2D eigenvalue weighted by molar-refractivity contribution is -0.119. The lowest BCUT2D eigenvalue weighted by Crippen LogP contribution is -2.40. The molecule has 1 aromatic rings. The highest BCUT2D eigenvalue weighted by molar-refractivity contribution is 5.95. The molecule has 0 aliphatic carbocycles. The molecule has 2 N–H and O–H groups in total. The van der Waals surface area contributed by atoms with Crippen LogP contribution < -0.4 is 10.6 Å². The Morgan fingerprint density at radius 1 is 1.45 bits per heavy atom. The summed E-state index contributed by atoms with van der Waals surface area (Å²) in [6, 6.07) is 8.05. The van der Waals surface area contributed by atoms with Crippen LogP contribution in [0.15, 0.2) is 24.3 Å². The van der Waals surface area contributed by atoms with Gasteiger partial charge < -0.3 is 10.6 Å². The molecule has 1 aromatic carbocycles. The van der Waals surface area contributed by atoms with Crippen molar-refractivity contribution in [3.8, 4) is 0 Å². The van der Waals surface area contributed by atoms with E-state index in [2.05, 4.69) is 4.90 Å². The van der Waals surface area contributed by atoms with Gasteiger partial charge in [0.1, 0.15) is 0 Å². The number of likely N-dealkylation sites (N-methyl/N-ethyl adjacent to an activating group) is 1. The molecule has 1 heterocycles. The van der Waals surface area contributed by atoms with Crippen LogP contribution in [0.25, 0.3) is 0 Å². The first-order chi connectivity index (χ1) is 9.65. The highest BCUT2D eigenvalue weighted by Crippen LogP contribution is 2.20. The second-order valence-electron chi connectivity index (χ2n) is 5.55. The number of hydrogen-bond donors (Lipinski definition) is 1. The average Bonchev–Trinajstić information content (AvgIpc) is 2.89. The molecular formula is C16H25N3O. The minimum Gasteiger partial charge on any atom is -0.330 e. The number of para-hydroxylation sites is 1. The van der Waals surface area contributed by atoms with E-state index in [0.717, 1.165) is 37.3 Å². The lowest BCUT2D eigenvalue weighted by Gasteiger charge is -2.25.